The van der Waals surface area contributed by atoms with Crippen LogP contribution in [0.4, 0.5) is 0 Å². The molecule has 28 heavy (non-hydrogen) atoms. The SMILES string of the molecule is CCc1nn2c(ncc3c(=O)n(CCC(=O)O)ccc32)c1-c1ccc(Cl)cc1. The second-order valence-electron chi connectivity index (χ2n) is 6.43. The molecule has 0 bridgehead atoms. The van der Waals surface area contributed by atoms with Crippen molar-refractivity contribution in [1.82, 2.24) is 19.2 Å². The summed E-state index contributed by atoms with van der Waals surface area (Å²) in [5.74, 6) is -0.951. The van der Waals surface area contributed by atoms with Crippen molar-refractivity contribution in [1.29, 1.82) is 0 Å². The zero-order valence-electron chi connectivity index (χ0n) is 15.1. The quantitative estimate of drug-likeness (QED) is 0.558. The van der Waals surface area contributed by atoms with E-state index in [1.165, 1.54) is 10.8 Å². The van der Waals surface area contributed by atoms with Gasteiger partial charge in [0.25, 0.3) is 5.56 Å². The van der Waals surface area contributed by atoms with Crippen molar-refractivity contribution in [2.75, 3.05) is 0 Å². The van der Waals surface area contributed by atoms with E-state index in [0.717, 1.165) is 16.8 Å². The predicted octanol–water partition coefficient (Wildman–Crippen LogP) is 3.40. The number of aromatic nitrogens is 4. The van der Waals surface area contributed by atoms with Crippen LogP contribution in [0.25, 0.3) is 27.7 Å². The minimum absolute atomic E-state index is 0.109. The summed E-state index contributed by atoms with van der Waals surface area (Å²) < 4.78 is 3.06. The van der Waals surface area contributed by atoms with Gasteiger partial charge in [0.1, 0.15) is 0 Å². The van der Waals surface area contributed by atoms with Gasteiger partial charge < -0.3 is 9.67 Å². The van der Waals surface area contributed by atoms with Crippen molar-refractivity contribution in [2.45, 2.75) is 26.3 Å². The van der Waals surface area contributed by atoms with Crippen LogP contribution < -0.4 is 5.56 Å². The monoisotopic (exact) mass is 396 g/mol. The molecule has 142 valence electrons. The summed E-state index contributed by atoms with van der Waals surface area (Å²) in [5.41, 5.74) is 3.76. The fourth-order valence-corrected chi connectivity index (χ4v) is 3.43. The summed E-state index contributed by atoms with van der Waals surface area (Å²) in [6.45, 7) is 2.12. The number of benzene rings is 1. The molecule has 7 nitrogen and oxygen atoms in total. The Labute approximate surface area is 164 Å². The molecule has 0 aliphatic heterocycles. The van der Waals surface area contributed by atoms with Crippen molar-refractivity contribution in [3.63, 3.8) is 0 Å². The van der Waals surface area contributed by atoms with Crippen LogP contribution in [0.15, 0.2) is 47.5 Å². The van der Waals surface area contributed by atoms with E-state index in [-0.39, 0.29) is 18.5 Å². The average Bonchev–Trinajstić information content (AvgIpc) is 3.07. The highest BCUT2D eigenvalue weighted by Gasteiger charge is 2.17. The molecule has 1 aromatic carbocycles. The first kappa shape index (κ1) is 18.2. The van der Waals surface area contributed by atoms with Crippen LogP contribution in [0.2, 0.25) is 5.02 Å². The third-order valence-corrected chi connectivity index (χ3v) is 4.94. The highest BCUT2D eigenvalue weighted by Crippen LogP contribution is 2.30. The molecule has 1 N–H and O–H groups in total. The van der Waals surface area contributed by atoms with E-state index in [9.17, 15) is 9.59 Å². The van der Waals surface area contributed by atoms with Crippen LogP contribution in [-0.2, 0) is 17.8 Å². The van der Waals surface area contributed by atoms with Crippen molar-refractivity contribution in [3.8, 4) is 11.1 Å². The Kier molecular flexibility index (Phi) is 4.60. The molecule has 3 heterocycles. The summed E-state index contributed by atoms with van der Waals surface area (Å²) in [6.07, 6.45) is 3.72. The lowest BCUT2D eigenvalue weighted by molar-refractivity contribution is -0.137. The van der Waals surface area contributed by atoms with E-state index in [1.807, 2.05) is 31.2 Å². The first-order chi connectivity index (χ1) is 13.5. The predicted molar refractivity (Wildman–Crippen MR) is 107 cm³/mol. The number of hydrogen-bond donors (Lipinski definition) is 1. The molecule has 0 radical (unpaired) electrons. The lowest BCUT2D eigenvalue weighted by Gasteiger charge is -2.07. The van der Waals surface area contributed by atoms with Crippen LogP contribution in [-0.4, -0.2) is 30.2 Å². The molecule has 8 heteroatoms. The first-order valence-electron chi connectivity index (χ1n) is 8.87. The number of carboxylic acids is 1. The fraction of sp³-hybridized carbons (Fsp3) is 0.200. The van der Waals surface area contributed by atoms with Gasteiger partial charge in [0.15, 0.2) is 5.65 Å². The van der Waals surface area contributed by atoms with E-state index in [0.29, 0.717) is 28.0 Å². The number of carbonyl (C=O) groups is 1. The van der Waals surface area contributed by atoms with E-state index >= 15 is 0 Å². The van der Waals surface area contributed by atoms with E-state index in [2.05, 4.69) is 10.1 Å². The van der Waals surface area contributed by atoms with Gasteiger partial charge in [0.05, 0.1) is 23.0 Å². The van der Waals surface area contributed by atoms with Gasteiger partial charge in [-0.1, -0.05) is 30.7 Å². The highest BCUT2D eigenvalue weighted by atomic mass is 35.5. The number of aryl methyl sites for hydroxylation is 2. The van der Waals surface area contributed by atoms with E-state index < -0.39 is 5.97 Å². The number of nitrogens with zero attached hydrogens (tertiary/aromatic N) is 4. The molecule has 0 fully saturated rings. The van der Waals surface area contributed by atoms with Crippen LogP contribution in [0.5, 0.6) is 0 Å². The fourth-order valence-electron chi connectivity index (χ4n) is 3.31. The summed E-state index contributed by atoms with van der Waals surface area (Å²) in [5, 5.41) is 14.6. The van der Waals surface area contributed by atoms with Gasteiger partial charge >= 0.3 is 5.97 Å². The first-order valence-corrected chi connectivity index (χ1v) is 9.25. The van der Waals surface area contributed by atoms with Crippen LogP contribution in [0.1, 0.15) is 19.0 Å². The topological polar surface area (TPSA) is 89.5 Å². The normalized spacial score (nSPS) is 11.4. The molecule has 0 unspecified atom stereocenters. The smallest absolute Gasteiger partial charge is 0.305 e. The van der Waals surface area contributed by atoms with Crippen molar-refractivity contribution in [3.05, 3.63) is 63.8 Å². The Morgan fingerprint density at radius 3 is 2.64 bits per heavy atom. The van der Waals surface area contributed by atoms with E-state index in [1.54, 1.807) is 16.8 Å². The third kappa shape index (κ3) is 3.03. The summed E-state index contributed by atoms with van der Waals surface area (Å²) in [4.78, 5) is 28.0. The van der Waals surface area contributed by atoms with Gasteiger partial charge in [-0.25, -0.2) is 9.50 Å². The third-order valence-electron chi connectivity index (χ3n) is 4.69. The van der Waals surface area contributed by atoms with Gasteiger partial charge in [0.2, 0.25) is 0 Å². The Morgan fingerprint density at radius 2 is 1.96 bits per heavy atom. The standard InChI is InChI=1S/C20H17ClN4O3/c1-2-15-18(12-3-5-13(21)6-4-12)19-22-11-14-16(25(19)23-15)7-9-24(20(14)28)10-8-17(26)27/h3-7,9,11H,2,8,10H2,1H3,(H,26,27). The zero-order chi connectivity index (χ0) is 19.8. The lowest BCUT2D eigenvalue weighted by Crippen LogP contribution is -2.21. The largest absolute Gasteiger partial charge is 0.481 e. The molecule has 0 aliphatic carbocycles. The lowest BCUT2D eigenvalue weighted by atomic mass is 10.0. The molecule has 0 atom stereocenters. The number of fused-ring (bicyclic) bond motifs is 3. The van der Waals surface area contributed by atoms with Crippen LogP contribution in [0.3, 0.4) is 0 Å². The van der Waals surface area contributed by atoms with Crippen molar-refractivity contribution >= 4 is 34.1 Å². The Bertz CT molecular complexity index is 1260. The highest BCUT2D eigenvalue weighted by molar-refractivity contribution is 6.30. The number of halogens is 1. The number of rotatable bonds is 5. The molecule has 0 spiro atoms. The van der Waals surface area contributed by atoms with Crippen molar-refractivity contribution < 1.29 is 9.90 Å². The number of pyridine rings is 1. The van der Waals surface area contributed by atoms with Crippen LogP contribution in [0, 0.1) is 0 Å². The van der Waals surface area contributed by atoms with Gasteiger partial charge in [-0.05, 0) is 30.2 Å². The van der Waals surface area contributed by atoms with Crippen LogP contribution >= 0.6 is 11.6 Å². The molecular weight excluding hydrogens is 380 g/mol. The molecule has 0 saturated carbocycles. The molecular formula is C20H17ClN4O3. The average molecular weight is 397 g/mol. The molecule has 0 amide bonds. The Morgan fingerprint density at radius 1 is 1.21 bits per heavy atom. The molecule has 3 aromatic heterocycles. The van der Waals surface area contributed by atoms with Gasteiger partial charge in [0, 0.05) is 29.5 Å². The maximum Gasteiger partial charge on any atom is 0.305 e. The van der Waals surface area contributed by atoms with Gasteiger partial charge in [-0.15, -0.1) is 0 Å². The minimum Gasteiger partial charge on any atom is -0.481 e. The molecule has 4 aromatic rings. The van der Waals surface area contributed by atoms with Gasteiger partial charge in [-0.2, -0.15) is 5.10 Å². The maximum atomic E-state index is 12.7. The molecule has 0 aliphatic rings. The molecule has 0 saturated heterocycles. The number of aliphatic carboxylic acids is 1. The Balaban J connectivity index is 1.93. The summed E-state index contributed by atoms with van der Waals surface area (Å²) in [6, 6.07) is 9.26. The number of carboxylic acid groups (broad SMARTS) is 1. The van der Waals surface area contributed by atoms with Crippen molar-refractivity contribution in [2.24, 2.45) is 0 Å². The maximum absolute atomic E-state index is 12.7. The second-order valence-corrected chi connectivity index (χ2v) is 6.87. The summed E-state index contributed by atoms with van der Waals surface area (Å²) >= 11 is 6.01. The Hall–Kier alpha value is -3.19. The molecule has 4 rings (SSSR count). The minimum atomic E-state index is -0.951. The summed E-state index contributed by atoms with van der Waals surface area (Å²) in [7, 11) is 0. The van der Waals surface area contributed by atoms with E-state index in [4.69, 9.17) is 16.7 Å². The number of hydrogen-bond acceptors (Lipinski definition) is 4. The van der Waals surface area contributed by atoms with Gasteiger partial charge in [-0.3, -0.25) is 9.59 Å². The second kappa shape index (κ2) is 7.09. The zero-order valence-corrected chi connectivity index (χ0v) is 15.8.